The van der Waals surface area contributed by atoms with Crippen LogP contribution in [0.5, 0.6) is 0 Å². The second-order valence-corrected chi connectivity index (χ2v) is 5.39. The van der Waals surface area contributed by atoms with E-state index in [-0.39, 0.29) is 11.9 Å². The summed E-state index contributed by atoms with van der Waals surface area (Å²) in [7, 11) is 0. The third kappa shape index (κ3) is 3.46. The molecule has 0 saturated carbocycles. The smallest absolute Gasteiger partial charge is 0.242 e. The van der Waals surface area contributed by atoms with Gasteiger partial charge in [0.05, 0.1) is 12.2 Å². The van der Waals surface area contributed by atoms with Crippen molar-refractivity contribution in [3.63, 3.8) is 0 Å². The van der Waals surface area contributed by atoms with Crippen molar-refractivity contribution >= 4 is 43.6 Å². The SMILES string of the molecule is O=C(Nc1ncc(Br)nc1Br)C1CCCCN1. The molecule has 2 N–H and O–H groups in total. The highest BCUT2D eigenvalue weighted by Crippen LogP contribution is 2.20. The molecule has 7 heteroatoms. The summed E-state index contributed by atoms with van der Waals surface area (Å²) in [5.41, 5.74) is 0. The number of halogens is 2. The number of carbonyl (C=O) groups excluding carboxylic acids is 1. The summed E-state index contributed by atoms with van der Waals surface area (Å²) in [4.78, 5) is 20.1. The molecule has 1 aliphatic rings. The molecule has 0 bridgehead atoms. The van der Waals surface area contributed by atoms with Gasteiger partial charge in [0.1, 0.15) is 9.21 Å². The summed E-state index contributed by atoms with van der Waals surface area (Å²) in [5, 5.41) is 5.95. The molecule has 92 valence electrons. The Kier molecular flexibility index (Phi) is 4.47. The summed E-state index contributed by atoms with van der Waals surface area (Å²) < 4.78 is 1.15. The molecule has 1 amide bonds. The zero-order chi connectivity index (χ0) is 12.3. The van der Waals surface area contributed by atoms with Gasteiger partial charge in [-0.25, -0.2) is 9.97 Å². The molecule has 0 radical (unpaired) electrons. The number of piperidine rings is 1. The second-order valence-electron chi connectivity index (χ2n) is 3.82. The lowest BCUT2D eigenvalue weighted by atomic mass is 10.0. The lowest BCUT2D eigenvalue weighted by molar-refractivity contribution is -0.118. The molecule has 1 aromatic heterocycles. The molecule has 0 spiro atoms. The van der Waals surface area contributed by atoms with E-state index < -0.39 is 0 Å². The van der Waals surface area contributed by atoms with Gasteiger partial charge in [-0.05, 0) is 51.2 Å². The van der Waals surface area contributed by atoms with E-state index in [9.17, 15) is 4.79 Å². The molecule has 2 heterocycles. The van der Waals surface area contributed by atoms with E-state index in [0.29, 0.717) is 15.0 Å². The van der Waals surface area contributed by atoms with Crippen molar-refractivity contribution in [3.05, 3.63) is 15.4 Å². The zero-order valence-corrected chi connectivity index (χ0v) is 12.2. The van der Waals surface area contributed by atoms with Crippen LogP contribution in [-0.2, 0) is 4.79 Å². The number of nitrogens with one attached hydrogen (secondary N) is 2. The normalized spacial score (nSPS) is 20.0. The van der Waals surface area contributed by atoms with E-state index in [1.807, 2.05) is 0 Å². The minimum Gasteiger partial charge on any atom is -0.307 e. The minimum absolute atomic E-state index is 0.0537. The first kappa shape index (κ1) is 12.9. The van der Waals surface area contributed by atoms with Gasteiger partial charge < -0.3 is 10.6 Å². The summed E-state index contributed by atoms with van der Waals surface area (Å²) in [6.07, 6.45) is 4.63. The van der Waals surface area contributed by atoms with Crippen LogP contribution in [-0.4, -0.2) is 28.5 Å². The number of carbonyl (C=O) groups is 1. The Morgan fingerprint density at radius 3 is 2.94 bits per heavy atom. The Hall–Kier alpha value is -0.530. The first-order valence-corrected chi connectivity index (χ1v) is 6.97. The van der Waals surface area contributed by atoms with Gasteiger partial charge in [0.2, 0.25) is 5.91 Å². The molecule has 5 nitrogen and oxygen atoms in total. The largest absolute Gasteiger partial charge is 0.307 e. The highest BCUT2D eigenvalue weighted by atomic mass is 79.9. The fourth-order valence-electron chi connectivity index (χ4n) is 1.71. The van der Waals surface area contributed by atoms with E-state index in [2.05, 4.69) is 52.5 Å². The lowest BCUT2D eigenvalue weighted by Gasteiger charge is -2.22. The maximum absolute atomic E-state index is 11.9. The summed E-state index contributed by atoms with van der Waals surface area (Å²) in [5.74, 6) is 0.396. The lowest BCUT2D eigenvalue weighted by Crippen LogP contribution is -2.43. The van der Waals surface area contributed by atoms with Crippen LogP contribution in [0.4, 0.5) is 5.82 Å². The number of hydrogen-bond donors (Lipinski definition) is 2. The van der Waals surface area contributed by atoms with E-state index in [1.54, 1.807) is 6.20 Å². The van der Waals surface area contributed by atoms with Crippen LogP contribution in [0.2, 0.25) is 0 Å². The Labute approximate surface area is 116 Å². The van der Waals surface area contributed by atoms with Crippen LogP contribution in [0.25, 0.3) is 0 Å². The van der Waals surface area contributed by atoms with Crippen LogP contribution < -0.4 is 10.6 Å². The highest BCUT2D eigenvalue weighted by Gasteiger charge is 2.21. The topological polar surface area (TPSA) is 66.9 Å². The van der Waals surface area contributed by atoms with Crippen molar-refractivity contribution in [2.45, 2.75) is 25.3 Å². The van der Waals surface area contributed by atoms with Crippen molar-refractivity contribution in [3.8, 4) is 0 Å². The number of rotatable bonds is 2. The van der Waals surface area contributed by atoms with E-state index in [1.165, 1.54) is 0 Å². The molecule has 1 saturated heterocycles. The first-order valence-electron chi connectivity index (χ1n) is 5.39. The predicted octanol–water partition coefficient (Wildman–Crippen LogP) is 2.08. The highest BCUT2D eigenvalue weighted by molar-refractivity contribution is 9.11. The van der Waals surface area contributed by atoms with E-state index >= 15 is 0 Å². The second kappa shape index (κ2) is 5.88. The Bertz CT molecular complexity index is 421. The molecule has 1 fully saturated rings. The fraction of sp³-hybridized carbons (Fsp3) is 0.500. The van der Waals surface area contributed by atoms with Crippen molar-refractivity contribution in [1.29, 1.82) is 0 Å². The maximum Gasteiger partial charge on any atom is 0.242 e. The molecular formula is C10H12Br2N4O. The van der Waals surface area contributed by atoms with Gasteiger partial charge in [-0.3, -0.25) is 4.79 Å². The van der Waals surface area contributed by atoms with Crippen molar-refractivity contribution < 1.29 is 4.79 Å². The Morgan fingerprint density at radius 1 is 1.47 bits per heavy atom. The van der Waals surface area contributed by atoms with Crippen molar-refractivity contribution in [2.24, 2.45) is 0 Å². The molecule has 1 atom stereocenters. The molecule has 17 heavy (non-hydrogen) atoms. The first-order chi connectivity index (χ1) is 8.16. The number of aromatic nitrogens is 2. The summed E-state index contributed by atoms with van der Waals surface area (Å²) in [6.45, 7) is 0.894. The van der Waals surface area contributed by atoms with Gasteiger partial charge in [0.25, 0.3) is 0 Å². The van der Waals surface area contributed by atoms with Gasteiger partial charge in [-0.2, -0.15) is 0 Å². The number of amides is 1. The van der Waals surface area contributed by atoms with E-state index in [0.717, 1.165) is 25.8 Å². The van der Waals surface area contributed by atoms with Crippen LogP contribution in [0, 0.1) is 0 Å². The molecule has 1 aromatic rings. The molecule has 1 aliphatic heterocycles. The predicted molar refractivity (Wildman–Crippen MR) is 71.7 cm³/mol. The van der Waals surface area contributed by atoms with Crippen molar-refractivity contribution in [2.75, 3.05) is 11.9 Å². The van der Waals surface area contributed by atoms with Crippen LogP contribution in [0.15, 0.2) is 15.4 Å². The van der Waals surface area contributed by atoms with Gasteiger partial charge in [0, 0.05) is 0 Å². The fourth-order valence-corrected chi connectivity index (χ4v) is 2.62. The maximum atomic E-state index is 11.9. The molecular weight excluding hydrogens is 352 g/mol. The molecule has 0 aromatic carbocycles. The quantitative estimate of drug-likeness (QED) is 0.844. The van der Waals surface area contributed by atoms with Gasteiger partial charge in [-0.15, -0.1) is 0 Å². The van der Waals surface area contributed by atoms with Crippen LogP contribution in [0.1, 0.15) is 19.3 Å². The number of anilines is 1. The standard InChI is InChI=1S/C10H12Br2N4O/c11-7-5-14-9(8(12)15-7)16-10(17)6-3-1-2-4-13-6/h5-6,13H,1-4H2,(H,14,16,17). The van der Waals surface area contributed by atoms with Gasteiger partial charge in [-0.1, -0.05) is 6.42 Å². The Balaban J connectivity index is 2.02. The average molecular weight is 364 g/mol. The number of hydrogen-bond acceptors (Lipinski definition) is 4. The third-order valence-corrected chi connectivity index (χ3v) is 3.50. The third-order valence-electron chi connectivity index (χ3n) is 2.57. The minimum atomic E-state index is -0.124. The summed E-state index contributed by atoms with van der Waals surface area (Å²) >= 11 is 6.47. The Morgan fingerprint density at radius 2 is 2.29 bits per heavy atom. The monoisotopic (exact) mass is 362 g/mol. The summed E-state index contributed by atoms with van der Waals surface area (Å²) in [6, 6.07) is -0.124. The molecule has 0 aliphatic carbocycles. The van der Waals surface area contributed by atoms with Crippen LogP contribution >= 0.6 is 31.9 Å². The molecule has 2 rings (SSSR count). The number of nitrogens with zero attached hydrogens (tertiary/aromatic N) is 2. The molecule has 1 unspecified atom stereocenters. The zero-order valence-electron chi connectivity index (χ0n) is 9.04. The van der Waals surface area contributed by atoms with Crippen LogP contribution in [0.3, 0.4) is 0 Å². The van der Waals surface area contributed by atoms with Gasteiger partial charge >= 0.3 is 0 Å². The van der Waals surface area contributed by atoms with Crippen molar-refractivity contribution in [1.82, 2.24) is 15.3 Å². The van der Waals surface area contributed by atoms with E-state index in [4.69, 9.17) is 0 Å². The van der Waals surface area contributed by atoms with Gasteiger partial charge in [0.15, 0.2) is 5.82 Å². The average Bonchev–Trinajstić information content (AvgIpc) is 2.34.